The van der Waals surface area contributed by atoms with Gasteiger partial charge in [-0.1, -0.05) is 29.8 Å². The van der Waals surface area contributed by atoms with Crippen molar-refractivity contribution in [2.45, 2.75) is 52.5 Å². The molecule has 0 bridgehead atoms. The Morgan fingerprint density at radius 1 is 1.03 bits per heavy atom. The van der Waals surface area contributed by atoms with Crippen molar-refractivity contribution in [2.24, 2.45) is 0 Å². The third-order valence-electron chi connectivity index (χ3n) is 5.97. The predicted octanol–water partition coefficient (Wildman–Crippen LogP) is 3.78. The Morgan fingerprint density at radius 3 is 2.50 bits per heavy atom. The molecule has 3 aromatic rings. The van der Waals surface area contributed by atoms with Gasteiger partial charge in [-0.05, 0) is 81.3 Å². The van der Waals surface area contributed by atoms with E-state index in [2.05, 4.69) is 11.4 Å². The van der Waals surface area contributed by atoms with Crippen molar-refractivity contribution < 1.29 is 4.79 Å². The minimum atomic E-state index is -0.510. The number of fused-ring (bicyclic) bond motifs is 1. The number of nitrogens with zero attached hydrogens (tertiary/aromatic N) is 2. The highest BCUT2D eigenvalue weighted by Gasteiger charge is 2.17. The first-order valence-electron chi connectivity index (χ1n) is 11.2. The zero-order chi connectivity index (χ0) is 22.7. The summed E-state index contributed by atoms with van der Waals surface area (Å²) in [6.45, 7) is 4.27. The number of nitrogens with one attached hydrogen (secondary N) is 1. The fourth-order valence-electron chi connectivity index (χ4n) is 4.47. The summed E-state index contributed by atoms with van der Waals surface area (Å²) in [5.41, 5.74) is 3.40. The molecule has 1 N–H and O–H groups in total. The normalized spacial score (nSPS) is 13.8. The Labute approximate surface area is 187 Å². The van der Waals surface area contributed by atoms with E-state index in [1.165, 1.54) is 27.5 Å². The van der Waals surface area contributed by atoms with Gasteiger partial charge in [-0.15, -0.1) is 0 Å². The monoisotopic (exact) mass is 431 g/mol. The van der Waals surface area contributed by atoms with Gasteiger partial charge in [0.2, 0.25) is 5.91 Å². The summed E-state index contributed by atoms with van der Waals surface area (Å²) in [4.78, 5) is 39.3. The molecule has 0 aliphatic heterocycles. The molecule has 1 aliphatic rings. The Bertz CT molecular complexity index is 1290. The first-order chi connectivity index (χ1) is 15.4. The summed E-state index contributed by atoms with van der Waals surface area (Å²) in [5, 5.41) is 3.34. The molecule has 0 saturated carbocycles. The zero-order valence-electron chi connectivity index (χ0n) is 18.7. The van der Waals surface area contributed by atoms with Crippen LogP contribution in [0.3, 0.4) is 0 Å². The van der Waals surface area contributed by atoms with Crippen molar-refractivity contribution in [2.75, 3.05) is 6.54 Å². The molecule has 32 heavy (non-hydrogen) atoms. The second-order valence-corrected chi connectivity index (χ2v) is 8.58. The highest BCUT2D eigenvalue weighted by molar-refractivity contribution is 5.81. The molecule has 1 amide bonds. The Balaban J connectivity index is 1.67. The second-order valence-electron chi connectivity index (χ2n) is 8.58. The lowest BCUT2D eigenvalue weighted by atomic mass is 9.97. The van der Waals surface area contributed by atoms with Crippen LogP contribution in [0.5, 0.6) is 0 Å². The summed E-state index contributed by atoms with van der Waals surface area (Å²) in [6.07, 6.45) is 7.77. The molecular formula is C26H29N3O3. The molecule has 0 fully saturated rings. The fraction of sp³-hybridized carbons (Fsp3) is 0.346. The van der Waals surface area contributed by atoms with Gasteiger partial charge in [0.1, 0.15) is 6.54 Å². The average Bonchev–Trinajstić information content (AvgIpc) is 2.77. The zero-order valence-corrected chi connectivity index (χ0v) is 18.7. The largest absolute Gasteiger partial charge is 0.354 e. The number of carbonyl (C=O) groups is 1. The third-order valence-corrected chi connectivity index (χ3v) is 5.97. The van der Waals surface area contributed by atoms with E-state index in [1.807, 2.05) is 32.0 Å². The number of para-hydroxylation sites is 1. The molecule has 0 spiro atoms. The highest BCUT2D eigenvalue weighted by atomic mass is 16.2. The van der Waals surface area contributed by atoms with E-state index in [-0.39, 0.29) is 18.0 Å². The van der Waals surface area contributed by atoms with Crippen LogP contribution < -0.4 is 16.6 Å². The molecule has 166 valence electrons. The summed E-state index contributed by atoms with van der Waals surface area (Å²) < 4.78 is 2.56. The minimum Gasteiger partial charge on any atom is -0.354 e. The molecule has 6 heteroatoms. The first kappa shape index (κ1) is 21.8. The van der Waals surface area contributed by atoms with Gasteiger partial charge in [-0.25, -0.2) is 9.36 Å². The lowest BCUT2D eigenvalue weighted by molar-refractivity contribution is -0.121. The van der Waals surface area contributed by atoms with Gasteiger partial charge in [-0.3, -0.25) is 14.2 Å². The molecular weight excluding hydrogens is 402 g/mol. The number of hydrogen-bond acceptors (Lipinski definition) is 3. The summed E-state index contributed by atoms with van der Waals surface area (Å²) >= 11 is 0. The Kier molecular flexibility index (Phi) is 6.40. The first-order valence-corrected chi connectivity index (χ1v) is 11.2. The molecule has 1 aliphatic carbocycles. The number of aromatic nitrogens is 2. The molecule has 0 unspecified atom stereocenters. The van der Waals surface area contributed by atoms with Crippen LogP contribution in [0.25, 0.3) is 16.6 Å². The maximum atomic E-state index is 13.4. The molecule has 1 heterocycles. The van der Waals surface area contributed by atoms with Crippen molar-refractivity contribution >= 4 is 16.8 Å². The molecule has 1 aromatic heterocycles. The molecule has 0 radical (unpaired) electrons. The van der Waals surface area contributed by atoms with Gasteiger partial charge in [0.05, 0.1) is 16.6 Å². The number of rotatable bonds is 6. The van der Waals surface area contributed by atoms with E-state index in [0.717, 1.165) is 30.4 Å². The number of aryl methyl sites for hydroxylation is 2. The van der Waals surface area contributed by atoms with Crippen LogP contribution in [0.15, 0.2) is 63.7 Å². The van der Waals surface area contributed by atoms with Gasteiger partial charge >= 0.3 is 5.69 Å². The summed E-state index contributed by atoms with van der Waals surface area (Å²) in [7, 11) is 0. The molecule has 0 atom stereocenters. The second kappa shape index (κ2) is 9.39. The van der Waals surface area contributed by atoms with Crippen LogP contribution in [0.2, 0.25) is 0 Å². The maximum absolute atomic E-state index is 13.4. The maximum Gasteiger partial charge on any atom is 0.336 e. The van der Waals surface area contributed by atoms with Crippen LogP contribution in [0.4, 0.5) is 0 Å². The van der Waals surface area contributed by atoms with E-state index >= 15 is 0 Å². The van der Waals surface area contributed by atoms with Crippen molar-refractivity contribution in [3.05, 3.63) is 86.1 Å². The topological polar surface area (TPSA) is 73.1 Å². The highest BCUT2D eigenvalue weighted by Crippen LogP contribution is 2.19. The van der Waals surface area contributed by atoms with E-state index in [4.69, 9.17) is 0 Å². The Hall–Kier alpha value is -3.41. The molecule has 6 nitrogen and oxygen atoms in total. The van der Waals surface area contributed by atoms with Gasteiger partial charge in [0, 0.05) is 6.54 Å². The number of allylic oxidation sites excluding steroid dienone is 1. The van der Waals surface area contributed by atoms with Crippen LogP contribution in [-0.4, -0.2) is 21.6 Å². The van der Waals surface area contributed by atoms with E-state index < -0.39 is 5.69 Å². The van der Waals surface area contributed by atoms with Crippen molar-refractivity contribution in [1.82, 2.24) is 14.5 Å². The SMILES string of the molecule is Cc1cc(C)cc(-n2c(=O)c3ccccc3n(CC(=O)NCCC3=CCCCC3)c2=O)c1. The van der Waals surface area contributed by atoms with Crippen molar-refractivity contribution in [1.29, 1.82) is 0 Å². The minimum absolute atomic E-state index is 0.135. The van der Waals surface area contributed by atoms with Gasteiger partial charge in [0.15, 0.2) is 0 Å². The fourth-order valence-corrected chi connectivity index (χ4v) is 4.47. The van der Waals surface area contributed by atoms with Crippen LogP contribution in [0.1, 0.15) is 43.2 Å². The van der Waals surface area contributed by atoms with Crippen LogP contribution in [-0.2, 0) is 11.3 Å². The predicted molar refractivity (Wildman–Crippen MR) is 127 cm³/mol. The van der Waals surface area contributed by atoms with Crippen molar-refractivity contribution in [3.63, 3.8) is 0 Å². The van der Waals surface area contributed by atoms with E-state index in [0.29, 0.717) is 23.1 Å². The van der Waals surface area contributed by atoms with Crippen LogP contribution in [0, 0.1) is 13.8 Å². The lowest BCUT2D eigenvalue weighted by Gasteiger charge is -2.16. The third kappa shape index (κ3) is 4.59. The van der Waals surface area contributed by atoms with Crippen LogP contribution >= 0.6 is 0 Å². The number of benzene rings is 2. The summed E-state index contributed by atoms with van der Waals surface area (Å²) in [5.74, 6) is -0.237. The van der Waals surface area contributed by atoms with Gasteiger partial charge in [0.25, 0.3) is 5.56 Å². The molecule has 4 rings (SSSR count). The number of carbonyl (C=O) groups excluding carboxylic acids is 1. The van der Waals surface area contributed by atoms with Gasteiger partial charge in [-0.2, -0.15) is 0 Å². The van der Waals surface area contributed by atoms with E-state index in [9.17, 15) is 14.4 Å². The molecule has 0 saturated heterocycles. The number of hydrogen-bond donors (Lipinski definition) is 1. The summed E-state index contributed by atoms with van der Waals surface area (Å²) in [6, 6.07) is 12.6. The standard InChI is InChI=1S/C26H29N3O3/c1-18-14-19(2)16-21(15-18)29-25(31)22-10-6-7-11-23(22)28(26(29)32)17-24(30)27-13-12-20-8-4-3-5-9-20/h6-8,10-11,14-16H,3-5,9,12-13,17H2,1-2H3,(H,27,30). The Morgan fingerprint density at radius 2 is 1.78 bits per heavy atom. The molecule has 2 aromatic carbocycles. The van der Waals surface area contributed by atoms with Crippen molar-refractivity contribution in [3.8, 4) is 5.69 Å². The average molecular weight is 432 g/mol. The van der Waals surface area contributed by atoms with E-state index in [1.54, 1.807) is 24.3 Å². The smallest absolute Gasteiger partial charge is 0.336 e. The quantitative estimate of drug-likeness (QED) is 0.604. The van der Waals surface area contributed by atoms with Gasteiger partial charge < -0.3 is 5.32 Å². The lowest BCUT2D eigenvalue weighted by Crippen LogP contribution is -2.42. The number of amides is 1.